The van der Waals surface area contributed by atoms with Gasteiger partial charge in [-0.05, 0) is 56.5 Å². The van der Waals surface area contributed by atoms with Gasteiger partial charge in [0, 0.05) is 12.6 Å². The smallest absolute Gasteiger partial charge is 0.0126 e. The van der Waals surface area contributed by atoms with Gasteiger partial charge in [0.2, 0.25) is 0 Å². The van der Waals surface area contributed by atoms with Crippen molar-refractivity contribution in [2.45, 2.75) is 44.6 Å². The van der Waals surface area contributed by atoms with Crippen LogP contribution >= 0.6 is 0 Å². The molecule has 1 heterocycles. The second-order valence-corrected chi connectivity index (χ2v) is 5.90. The molecule has 0 radical (unpaired) electrons. The van der Waals surface area contributed by atoms with Crippen molar-refractivity contribution in [1.29, 1.82) is 0 Å². The van der Waals surface area contributed by atoms with Gasteiger partial charge in [-0.25, -0.2) is 0 Å². The van der Waals surface area contributed by atoms with E-state index in [2.05, 4.69) is 4.90 Å². The van der Waals surface area contributed by atoms with Crippen LogP contribution in [0.2, 0.25) is 0 Å². The number of piperidine rings is 1. The number of likely N-dealkylation sites (tertiary alicyclic amines) is 1. The first-order valence-electron chi connectivity index (χ1n) is 6.82. The summed E-state index contributed by atoms with van der Waals surface area (Å²) in [4.78, 5) is 2.78. The highest BCUT2D eigenvalue weighted by atomic mass is 15.2. The van der Waals surface area contributed by atoms with Gasteiger partial charge in [0.15, 0.2) is 0 Å². The second-order valence-electron chi connectivity index (χ2n) is 5.90. The quantitative estimate of drug-likeness (QED) is 0.750. The highest BCUT2D eigenvalue weighted by Gasteiger charge is 2.47. The number of hydrogen-bond donors (Lipinski definition) is 1. The lowest BCUT2D eigenvalue weighted by Crippen LogP contribution is -2.46. The van der Waals surface area contributed by atoms with Crippen LogP contribution in [0.4, 0.5) is 0 Å². The van der Waals surface area contributed by atoms with Gasteiger partial charge in [-0.2, -0.15) is 0 Å². The van der Waals surface area contributed by atoms with Gasteiger partial charge in [0.05, 0.1) is 0 Å². The molecule has 1 saturated heterocycles. The number of nitrogens with zero attached hydrogens (tertiary/aromatic N) is 1. The van der Waals surface area contributed by atoms with E-state index in [0.29, 0.717) is 0 Å². The molecule has 4 unspecified atom stereocenters. The first-order chi connectivity index (χ1) is 7.38. The Hall–Kier alpha value is -0.0800. The number of hydrogen-bond acceptors (Lipinski definition) is 2. The molecule has 2 saturated carbocycles. The Kier molecular flexibility index (Phi) is 2.73. The summed E-state index contributed by atoms with van der Waals surface area (Å²) in [6, 6.07) is 0.943. The largest absolute Gasteiger partial charge is 0.330 e. The van der Waals surface area contributed by atoms with Crippen LogP contribution in [0, 0.1) is 17.8 Å². The summed E-state index contributed by atoms with van der Waals surface area (Å²) in [5.41, 5.74) is 5.81. The molecular weight excluding hydrogens is 184 g/mol. The zero-order chi connectivity index (χ0) is 10.3. The number of rotatable bonds is 2. The standard InChI is InChI=1S/C13H24N2/c14-8-10-3-2-6-15(9-10)13-5-1-4-11-7-12(11)13/h10-13H,1-9,14H2. The summed E-state index contributed by atoms with van der Waals surface area (Å²) < 4.78 is 0. The van der Waals surface area contributed by atoms with Crippen molar-refractivity contribution in [2.75, 3.05) is 19.6 Å². The van der Waals surface area contributed by atoms with E-state index in [1.165, 1.54) is 51.6 Å². The monoisotopic (exact) mass is 208 g/mol. The lowest BCUT2D eigenvalue weighted by Gasteiger charge is -2.39. The predicted octanol–water partition coefficient (Wildman–Crippen LogP) is 1.85. The summed E-state index contributed by atoms with van der Waals surface area (Å²) in [5, 5.41) is 0. The summed E-state index contributed by atoms with van der Waals surface area (Å²) in [6.07, 6.45) is 8.77. The lowest BCUT2D eigenvalue weighted by molar-refractivity contribution is 0.0923. The minimum atomic E-state index is 0.790. The van der Waals surface area contributed by atoms with Crippen LogP contribution < -0.4 is 5.73 Å². The van der Waals surface area contributed by atoms with E-state index in [1.807, 2.05) is 0 Å². The number of fused-ring (bicyclic) bond motifs is 1. The average Bonchev–Trinajstić information content (AvgIpc) is 3.07. The molecule has 0 amide bonds. The zero-order valence-electron chi connectivity index (χ0n) is 9.70. The molecule has 0 spiro atoms. The van der Waals surface area contributed by atoms with E-state index in [9.17, 15) is 0 Å². The average molecular weight is 208 g/mol. The molecule has 2 N–H and O–H groups in total. The van der Waals surface area contributed by atoms with E-state index in [0.717, 1.165) is 30.3 Å². The van der Waals surface area contributed by atoms with Crippen LogP contribution in [0.1, 0.15) is 38.5 Å². The summed E-state index contributed by atoms with van der Waals surface area (Å²) in [6.45, 7) is 3.55. The Labute approximate surface area is 93.2 Å². The molecule has 2 nitrogen and oxygen atoms in total. The number of nitrogens with two attached hydrogens (primary N) is 1. The van der Waals surface area contributed by atoms with Crippen molar-refractivity contribution in [3.8, 4) is 0 Å². The molecule has 15 heavy (non-hydrogen) atoms. The Morgan fingerprint density at radius 3 is 2.93 bits per heavy atom. The third-order valence-electron chi connectivity index (χ3n) is 4.90. The topological polar surface area (TPSA) is 29.3 Å². The molecule has 2 aliphatic carbocycles. The van der Waals surface area contributed by atoms with Gasteiger partial charge in [-0.1, -0.05) is 12.8 Å². The highest BCUT2D eigenvalue weighted by molar-refractivity contribution is 5.00. The lowest BCUT2D eigenvalue weighted by atomic mass is 9.90. The van der Waals surface area contributed by atoms with Crippen molar-refractivity contribution < 1.29 is 0 Å². The minimum Gasteiger partial charge on any atom is -0.330 e. The van der Waals surface area contributed by atoms with Gasteiger partial charge in [0.1, 0.15) is 0 Å². The molecule has 4 atom stereocenters. The molecule has 3 rings (SSSR count). The Balaban J connectivity index is 1.61. The van der Waals surface area contributed by atoms with Crippen LogP contribution in [-0.4, -0.2) is 30.6 Å². The maximum absolute atomic E-state index is 5.81. The molecule has 0 aromatic carbocycles. The van der Waals surface area contributed by atoms with E-state index < -0.39 is 0 Å². The van der Waals surface area contributed by atoms with Crippen LogP contribution in [0.5, 0.6) is 0 Å². The van der Waals surface area contributed by atoms with Crippen LogP contribution in [0.15, 0.2) is 0 Å². The van der Waals surface area contributed by atoms with Crippen molar-refractivity contribution in [1.82, 2.24) is 4.90 Å². The zero-order valence-corrected chi connectivity index (χ0v) is 9.70. The molecule has 2 heteroatoms. The summed E-state index contributed by atoms with van der Waals surface area (Å²) in [7, 11) is 0. The molecule has 0 aromatic rings. The molecule has 3 aliphatic rings. The predicted molar refractivity (Wildman–Crippen MR) is 62.6 cm³/mol. The molecule has 0 bridgehead atoms. The molecular formula is C13H24N2. The van der Waals surface area contributed by atoms with Gasteiger partial charge in [-0.3, -0.25) is 4.90 Å². The van der Waals surface area contributed by atoms with Gasteiger partial charge in [0.25, 0.3) is 0 Å². The molecule has 86 valence electrons. The summed E-state index contributed by atoms with van der Waals surface area (Å²) >= 11 is 0. The minimum absolute atomic E-state index is 0.790. The fourth-order valence-electron chi connectivity index (χ4n) is 3.92. The second kappa shape index (κ2) is 4.06. The van der Waals surface area contributed by atoms with E-state index in [-0.39, 0.29) is 0 Å². The van der Waals surface area contributed by atoms with E-state index in [1.54, 1.807) is 0 Å². The Bertz CT molecular complexity index is 229. The fourth-order valence-corrected chi connectivity index (χ4v) is 3.92. The van der Waals surface area contributed by atoms with Crippen molar-refractivity contribution in [3.05, 3.63) is 0 Å². The Morgan fingerprint density at radius 1 is 1.13 bits per heavy atom. The summed E-state index contributed by atoms with van der Waals surface area (Å²) in [5.74, 6) is 2.98. The highest BCUT2D eigenvalue weighted by Crippen LogP contribution is 2.51. The van der Waals surface area contributed by atoms with Crippen molar-refractivity contribution in [3.63, 3.8) is 0 Å². The van der Waals surface area contributed by atoms with Crippen molar-refractivity contribution >= 4 is 0 Å². The fraction of sp³-hybridized carbons (Fsp3) is 1.00. The van der Waals surface area contributed by atoms with Gasteiger partial charge in [-0.15, -0.1) is 0 Å². The normalized spacial score (nSPS) is 46.2. The Morgan fingerprint density at radius 2 is 2.07 bits per heavy atom. The maximum atomic E-state index is 5.81. The van der Waals surface area contributed by atoms with E-state index in [4.69, 9.17) is 5.73 Å². The van der Waals surface area contributed by atoms with Crippen LogP contribution in [-0.2, 0) is 0 Å². The SMILES string of the molecule is NCC1CCCN(C2CCCC3CC32)C1. The third-order valence-corrected chi connectivity index (χ3v) is 4.90. The van der Waals surface area contributed by atoms with E-state index >= 15 is 0 Å². The third kappa shape index (κ3) is 1.94. The first-order valence-corrected chi connectivity index (χ1v) is 6.82. The molecule has 0 aromatic heterocycles. The van der Waals surface area contributed by atoms with Gasteiger partial charge < -0.3 is 5.73 Å². The van der Waals surface area contributed by atoms with Crippen LogP contribution in [0.25, 0.3) is 0 Å². The first kappa shape index (κ1) is 10.1. The molecule has 1 aliphatic heterocycles. The van der Waals surface area contributed by atoms with Gasteiger partial charge >= 0.3 is 0 Å². The van der Waals surface area contributed by atoms with Crippen molar-refractivity contribution in [2.24, 2.45) is 23.5 Å². The molecule has 3 fully saturated rings. The maximum Gasteiger partial charge on any atom is 0.0126 e. The van der Waals surface area contributed by atoms with Crippen LogP contribution in [0.3, 0.4) is 0 Å².